The lowest BCUT2D eigenvalue weighted by atomic mass is 9.84. The molecule has 1 aliphatic carbocycles. The Balaban J connectivity index is 1.97. The summed E-state index contributed by atoms with van der Waals surface area (Å²) in [7, 11) is -3.80. The molecule has 124 valence electrons. The largest absolute Gasteiger partial charge is 0.268 e. The summed E-state index contributed by atoms with van der Waals surface area (Å²) >= 11 is 0. The first kappa shape index (κ1) is 16.2. The summed E-state index contributed by atoms with van der Waals surface area (Å²) in [6.07, 6.45) is 7.25. The Kier molecular flexibility index (Phi) is 4.32. The highest BCUT2D eigenvalue weighted by Crippen LogP contribution is 2.36. The molecular formula is C18H23NO3S. The number of amides is 1. The van der Waals surface area contributed by atoms with Gasteiger partial charge < -0.3 is 0 Å². The zero-order chi connectivity index (χ0) is 16.6. The highest BCUT2D eigenvalue weighted by molar-refractivity contribution is 7.89. The Morgan fingerprint density at radius 3 is 2.22 bits per heavy atom. The summed E-state index contributed by atoms with van der Waals surface area (Å²) in [6.45, 7) is 3.62. The fourth-order valence-corrected chi connectivity index (χ4v) is 5.22. The van der Waals surface area contributed by atoms with E-state index < -0.39 is 10.0 Å². The van der Waals surface area contributed by atoms with Gasteiger partial charge in [-0.25, -0.2) is 12.7 Å². The summed E-state index contributed by atoms with van der Waals surface area (Å²) < 4.78 is 27.2. The van der Waals surface area contributed by atoms with Crippen LogP contribution in [0.4, 0.5) is 0 Å². The van der Waals surface area contributed by atoms with Crippen LogP contribution < -0.4 is 0 Å². The zero-order valence-corrected chi connectivity index (χ0v) is 14.5. The molecule has 0 N–H and O–H groups in total. The van der Waals surface area contributed by atoms with Gasteiger partial charge in [-0.2, -0.15) is 0 Å². The lowest BCUT2D eigenvalue weighted by molar-refractivity contribution is -0.122. The molecule has 1 aromatic rings. The van der Waals surface area contributed by atoms with Crippen molar-refractivity contribution in [2.75, 3.05) is 0 Å². The van der Waals surface area contributed by atoms with Crippen LogP contribution in [0.25, 0.3) is 0 Å². The monoisotopic (exact) mass is 333 g/mol. The third-order valence-corrected chi connectivity index (χ3v) is 6.73. The van der Waals surface area contributed by atoms with Crippen molar-refractivity contribution in [1.82, 2.24) is 4.31 Å². The van der Waals surface area contributed by atoms with Crippen molar-refractivity contribution in [2.45, 2.75) is 56.9 Å². The number of nitrogens with zero attached hydrogens (tertiary/aromatic N) is 1. The Bertz CT molecular complexity index is 728. The summed E-state index contributed by atoms with van der Waals surface area (Å²) in [5.41, 5.74) is 1.53. The van der Waals surface area contributed by atoms with Crippen LogP contribution in [-0.4, -0.2) is 24.7 Å². The average molecular weight is 333 g/mol. The summed E-state index contributed by atoms with van der Waals surface area (Å²) in [5.74, 6) is -0.133. The Morgan fingerprint density at radius 2 is 1.61 bits per heavy atom. The van der Waals surface area contributed by atoms with Crippen molar-refractivity contribution in [3.63, 3.8) is 0 Å². The van der Waals surface area contributed by atoms with Gasteiger partial charge in [0, 0.05) is 5.57 Å². The molecule has 0 spiro atoms. The van der Waals surface area contributed by atoms with E-state index in [0.717, 1.165) is 35.6 Å². The van der Waals surface area contributed by atoms with E-state index >= 15 is 0 Å². The molecule has 4 nitrogen and oxygen atoms in total. The lowest BCUT2D eigenvalue weighted by Crippen LogP contribution is -2.43. The second kappa shape index (κ2) is 6.11. The maximum Gasteiger partial charge on any atom is 0.267 e. The number of carbonyl (C=O) groups excluding carboxylic acids is 1. The van der Waals surface area contributed by atoms with E-state index in [1.165, 1.54) is 6.42 Å². The lowest BCUT2D eigenvalue weighted by Gasteiger charge is -2.33. The van der Waals surface area contributed by atoms with Crippen LogP contribution in [-0.2, 0) is 14.8 Å². The molecule has 5 heteroatoms. The van der Waals surface area contributed by atoms with Crippen LogP contribution in [0.2, 0.25) is 0 Å². The van der Waals surface area contributed by atoms with Gasteiger partial charge in [0.05, 0.1) is 10.9 Å². The number of aryl methyl sites for hydroxylation is 1. The molecule has 1 aromatic carbocycles. The van der Waals surface area contributed by atoms with Gasteiger partial charge in [0.15, 0.2) is 0 Å². The van der Waals surface area contributed by atoms with Gasteiger partial charge >= 0.3 is 0 Å². The summed E-state index contributed by atoms with van der Waals surface area (Å²) in [6, 6.07) is 6.38. The Labute approximate surface area is 138 Å². The minimum absolute atomic E-state index is 0.195. The van der Waals surface area contributed by atoms with Crippen LogP contribution in [0, 0.1) is 12.8 Å². The van der Waals surface area contributed by atoms with E-state index in [1.807, 2.05) is 13.0 Å². The fourth-order valence-electron chi connectivity index (χ4n) is 3.60. The molecule has 1 saturated carbocycles. The first-order valence-corrected chi connectivity index (χ1v) is 9.69. The van der Waals surface area contributed by atoms with Crippen LogP contribution in [0.1, 0.15) is 44.6 Å². The number of hydrogen-bond donors (Lipinski definition) is 0. The molecule has 3 rings (SSSR count). The van der Waals surface area contributed by atoms with Crippen molar-refractivity contribution in [3.8, 4) is 0 Å². The van der Waals surface area contributed by atoms with E-state index in [1.54, 1.807) is 31.2 Å². The molecule has 0 aromatic heterocycles. The summed E-state index contributed by atoms with van der Waals surface area (Å²) in [5, 5.41) is 0. The van der Waals surface area contributed by atoms with Crippen molar-refractivity contribution in [3.05, 3.63) is 41.5 Å². The quantitative estimate of drug-likeness (QED) is 0.851. The van der Waals surface area contributed by atoms with Crippen molar-refractivity contribution in [2.24, 2.45) is 5.92 Å². The topological polar surface area (TPSA) is 54.5 Å². The highest BCUT2D eigenvalue weighted by atomic mass is 32.2. The van der Waals surface area contributed by atoms with Gasteiger partial charge in [-0.15, -0.1) is 0 Å². The summed E-state index contributed by atoms with van der Waals surface area (Å²) in [4.78, 5) is 12.7. The zero-order valence-electron chi connectivity index (χ0n) is 13.7. The fraction of sp³-hybridized carbons (Fsp3) is 0.500. The van der Waals surface area contributed by atoms with Crippen molar-refractivity contribution >= 4 is 15.9 Å². The molecule has 1 amide bonds. The second-order valence-corrected chi connectivity index (χ2v) is 8.47. The Hall–Kier alpha value is -1.62. The van der Waals surface area contributed by atoms with Crippen LogP contribution in [0.15, 0.2) is 40.8 Å². The van der Waals surface area contributed by atoms with E-state index in [-0.39, 0.29) is 22.8 Å². The molecule has 0 saturated heterocycles. The second-order valence-electron chi connectivity index (χ2n) is 6.66. The number of benzene rings is 1. The van der Waals surface area contributed by atoms with Gasteiger partial charge in [-0.05, 0) is 44.7 Å². The Morgan fingerprint density at radius 1 is 1.00 bits per heavy atom. The van der Waals surface area contributed by atoms with Gasteiger partial charge in [0.2, 0.25) is 0 Å². The normalized spacial score (nSPS) is 23.2. The number of hydrogen-bond acceptors (Lipinski definition) is 3. The first-order valence-electron chi connectivity index (χ1n) is 8.25. The molecule has 0 bridgehead atoms. The minimum Gasteiger partial charge on any atom is -0.268 e. The van der Waals surface area contributed by atoms with E-state index in [4.69, 9.17) is 0 Å². The molecule has 0 radical (unpaired) electrons. The van der Waals surface area contributed by atoms with Crippen molar-refractivity contribution < 1.29 is 13.2 Å². The van der Waals surface area contributed by atoms with E-state index in [9.17, 15) is 13.2 Å². The van der Waals surface area contributed by atoms with E-state index in [0.29, 0.717) is 5.57 Å². The van der Waals surface area contributed by atoms with Gasteiger partial charge in [-0.3, -0.25) is 4.79 Å². The maximum absolute atomic E-state index is 13.0. The van der Waals surface area contributed by atoms with E-state index in [2.05, 4.69) is 0 Å². The molecule has 23 heavy (non-hydrogen) atoms. The van der Waals surface area contributed by atoms with Gasteiger partial charge in [0.1, 0.15) is 0 Å². The predicted octanol–water partition coefficient (Wildman–Crippen LogP) is 3.42. The third-order valence-electron chi connectivity index (χ3n) is 4.94. The number of rotatable bonds is 3. The van der Waals surface area contributed by atoms with Gasteiger partial charge in [0.25, 0.3) is 15.9 Å². The molecule has 1 aliphatic heterocycles. The molecule has 1 fully saturated rings. The average Bonchev–Trinajstić information content (AvgIpc) is 2.85. The number of carbonyl (C=O) groups is 1. The molecule has 1 atom stereocenters. The molecule has 1 heterocycles. The predicted molar refractivity (Wildman–Crippen MR) is 89.3 cm³/mol. The van der Waals surface area contributed by atoms with Crippen molar-refractivity contribution in [1.29, 1.82) is 0 Å². The molecular weight excluding hydrogens is 310 g/mol. The molecule has 2 aliphatic rings. The SMILES string of the molecule is CC1=CC(C2CCCCC2)N(S(=O)(=O)c2ccc(C)cc2)C1=O. The van der Waals surface area contributed by atoms with Crippen LogP contribution in [0.5, 0.6) is 0 Å². The number of sulfonamides is 1. The smallest absolute Gasteiger partial charge is 0.267 e. The maximum atomic E-state index is 13.0. The van der Waals surface area contributed by atoms with Gasteiger partial charge in [-0.1, -0.05) is 43.0 Å². The standard InChI is InChI=1S/C18H23NO3S/c1-13-8-10-16(11-9-13)23(21,22)19-17(12-14(2)18(19)20)15-6-4-3-5-7-15/h8-12,15,17H,3-7H2,1-2H3. The highest BCUT2D eigenvalue weighted by Gasteiger charge is 2.43. The minimum atomic E-state index is -3.80. The van der Waals surface area contributed by atoms with Crippen LogP contribution in [0.3, 0.4) is 0 Å². The molecule has 1 unspecified atom stereocenters. The first-order chi connectivity index (χ1) is 10.9. The third kappa shape index (κ3) is 2.94. The van der Waals surface area contributed by atoms with Crippen LogP contribution >= 0.6 is 0 Å².